The van der Waals surface area contributed by atoms with Crippen LogP contribution in [0, 0.1) is 6.92 Å². The second kappa shape index (κ2) is 4.33. The number of nitrogens with zero attached hydrogens (tertiary/aromatic N) is 2. The van der Waals surface area contributed by atoms with Gasteiger partial charge in [0.1, 0.15) is 5.00 Å². The second-order valence-electron chi connectivity index (χ2n) is 2.75. The molecule has 13 heavy (non-hydrogen) atoms. The van der Waals surface area contributed by atoms with Gasteiger partial charge in [0, 0.05) is 23.7 Å². The van der Waals surface area contributed by atoms with Gasteiger partial charge >= 0.3 is 0 Å². The third-order valence-electron chi connectivity index (χ3n) is 1.99. The first-order chi connectivity index (χ1) is 6.24. The van der Waals surface area contributed by atoms with E-state index in [0.29, 0.717) is 0 Å². The summed E-state index contributed by atoms with van der Waals surface area (Å²) < 4.78 is 0. The fraction of sp³-hybridized carbons (Fsp3) is 0.400. The van der Waals surface area contributed by atoms with E-state index in [1.54, 1.807) is 18.4 Å². The van der Waals surface area contributed by atoms with Crippen molar-refractivity contribution in [1.82, 2.24) is 0 Å². The lowest BCUT2D eigenvalue weighted by molar-refractivity contribution is 1.13. The lowest BCUT2D eigenvalue weighted by Gasteiger charge is -1.96. The zero-order valence-corrected chi connectivity index (χ0v) is 9.11. The molecule has 1 heterocycles. The maximum absolute atomic E-state index is 4.03. The molecule has 0 amide bonds. The van der Waals surface area contributed by atoms with Gasteiger partial charge in [-0.05, 0) is 25.6 Å². The summed E-state index contributed by atoms with van der Waals surface area (Å²) in [6.45, 7) is 7.83. The molecule has 0 aliphatic carbocycles. The van der Waals surface area contributed by atoms with E-state index in [-0.39, 0.29) is 0 Å². The highest BCUT2D eigenvalue weighted by atomic mass is 32.1. The summed E-state index contributed by atoms with van der Waals surface area (Å²) in [6, 6.07) is 0. The molecule has 0 aromatic carbocycles. The van der Waals surface area contributed by atoms with Gasteiger partial charge in [-0.1, -0.05) is 6.92 Å². The Morgan fingerprint density at radius 2 is 2.23 bits per heavy atom. The zero-order chi connectivity index (χ0) is 9.84. The van der Waals surface area contributed by atoms with Crippen LogP contribution in [-0.2, 0) is 6.42 Å². The van der Waals surface area contributed by atoms with Crippen LogP contribution in [0.4, 0.5) is 5.00 Å². The largest absolute Gasteiger partial charge is 0.296 e. The Bertz CT molecular complexity index is 337. The molecular formula is C10H14N2S. The zero-order valence-electron chi connectivity index (χ0n) is 8.29. The molecule has 0 saturated heterocycles. The van der Waals surface area contributed by atoms with E-state index < -0.39 is 0 Å². The van der Waals surface area contributed by atoms with E-state index in [2.05, 4.69) is 30.5 Å². The van der Waals surface area contributed by atoms with Crippen molar-refractivity contribution in [3.05, 3.63) is 16.0 Å². The first-order valence-corrected chi connectivity index (χ1v) is 5.07. The van der Waals surface area contributed by atoms with Crippen LogP contribution in [0.15, 0.2) is 9.98 Å². The first-order valence-electron chi connectivity index (χ1n) is 4.25. The lowest BCUT2D eigenvalue weighted by atomic mass is 10.1. The fourth-order valence-electron chi connectivity index (χ4n) is 1.40. The average Bonchev–Trinajstić information content (AvgIpc) is 2.43. The smallest absolute Gasteiger partial charge is 0.124 e. The van der Waals surface area contributed by atoms with Gasteiger partial charge in [-0.2, -0.15) is 0 Å². The lowest BCUT2D eigenvalue weighted by Crippen LogP contribution is -1.87. The van der Waals surface area contributed by atoms with Crippen molar-refractivity contribution >= 4 is 29.3 Å². The molecule has 0 radical (unpaired) electrons. The van der Waals surface area contributed by atoms with Crippen LogP contribution in [0.1, 0.15) is 22.9 Å². The Balaban J connectivity index is 3.31. The van der Waals surface area contributed by atoms with Crippen LogP contribution in [-0.4, -0.2) is 20.0 Å². The number of hydrogen-bond acceptors (Lipinski definition) is 3. The molecule has 0 bridgehead atoms. The molecule has 1 aromatic rings. The topological polar surface area (TPSA) is 24.7 Å². The molecule has 0 unspecified atom stereocenters. The van der Waals surface area contributed by atoms with E-state index in [4.69, 9.17) is 0 Å². The Labute approximate surface area is 83.1 Å². The van der Waals surface area contributed by atoms with Crippen LogP contribution in [0.5, 0.6) is 0 Å². The van der Waals surface area contributed by atoms with E-state index in [1.165, 1.54) is 10.4 Å². The fourth-order valence-corrected chi connectivity index (χ4v) is 2.42. The number of hydrogen-bond donors (Lipinski definition) is 0. The molecule has 0 spiro atoms. The highest BCUT2D eigenvalue weighted by Gasteiger charge is 2.10. The monoisotopic (exact) mass is 194 g/mol. The molecule has 0 atom stereocenters. The molecule has 1 rings (SSSR count). The number of aryl methyl sites for hydroxylation is 1. The minimum absolute atomic E-state index is 0.986. The molecule has 0 aliphatic rings. The van der Waals surface area contributed by atoms with E-state index >= 15 is 0 Å². The Kier molecular flexibility index (Phi) is 3.37. The van der Waals surface area contributed by atoms with Crippen molar-refractivity contribution in [3.8, 4) is 0 Å². The predicted molar refractivity (Wildman–Crippen MR) is 61.2 cm³/mol. The van der Waals surface area contributed by atoms with E-state index in [1.807, 2.05) is 6.21 Å². The summed E-state index contributed by atoms with van der Waals surface area (Å²) >= 11 is 1.69. The van der Waals surface area contributed by atoms with Gasteiger partial charge in [0.15, 0.2) is 0 Å². The van der Waals surface area contributed by atoms with Crippen LogP contribution in [0.2, 0.25) is 0 Å². The van der Waals surface area contributed by atoms with Crippen molar-refractivity contribution in [1.29, 1.82) is 0 Å². The SMILES string of the molecule is C=Nc1sc(C)c(CC)c1C=NC. The van der Waals surface area contributed by atoms with Crippen molar-refractivity contribution in [2.75, 3.05) is 7.05 Å². The van der Waals surface area contributed by atoms with Gasteiger partial charge < -0.3 is 0 Å². The van der Waals surface area contributed by atoms with Crippen molar-refractivity contribution < 1.29 is 0 Å². The van der Waals surface area contributed by atoms with Gasteiger partial charge in [-0.3, -0.25) is 9.98 Å². The summed E-state index contributed by atoms with van der Waals surface area (Å²) in [5, 5.41) is 0.986. The van der Waals surface area contributed by atoms with Crippen LogP contribution >= 0.6 is 11.3 Å². The first kappa shape index (κ1) is 10.1. The van der Waals surface area contributed by atoms with E-state index in [9.17, 15) is 0 Å². The third kappa shape index (κ3) is 1.86. The third-order valence-corrected chi connectivity index (χ3v) is 3.08. The van der Waals surface area contributed by atoms with Gasteiger partial charge in [-0.15, -0.1) is 11.3 Å². The summed E-state index contributed by atoms with van der Waals surface area (Å²) in [5.74, 6) is 0. The molecule has 0 N–H and O–H groups in total. The summed E-state index contributed by atoms with van der Waals surface area (Å²) in [5.41, 5.74) is 2.49. The van der Waals surface area contributed by atoms with E-state index in [0.717, 1.165) is 17.0 Å². The summed E-state index contributed by atoms with van der Waals surface area (Å²) in [7, 11) is 1.78. The predicted octanol–water partition coefficient (Wildman–Crippen LogP) is 3.00. The van der Waals surface area contributed by atoms with Crippen LogP contribution in [0.25, 0.3) is 0 Å². The van der Waals surface area contributed by atoms with Gasteiger partial charge in [0.2, 0.25) is 0 Å². The van der Waals surface area contributed by atoms with Gasteiger partial charge in [-0.25, -0.2) is 0 Å². The number of aliphatic imine (C=N–C) groups is 2. The highest BCUT2D eigenvalue weighted by Crippen LogP contribution is 2.33. The second-order valence-corrected chi connectivity index (χ2v) is 3.96. The molecule has 1 aromatic heterocycles. The minimum atomic E-state index is 0.986. The summed E-state index contributed by atoms with van der Waals surface area (Å²) in [6.07, 6.45) is 2.89. The van der Waals surface area contributed by atoms with Crippen LogP contribution < -0.4 is 0 Å². The molecule has 2 nitrogen and oxygen atoms in total. The standard InChI is InChI=1S/C10H14N2S/c1-5-8-7(2)13-10(12-4)9(8)6-11-3/h6H,4-5H2,1-3H3. The summed E-state index contributed by atoms with van der Waals surface area (Å²) in [4.78, 5) is 9.35. The quantitative estimate of drug-likeness (QED) is 0.661. The average molecular weight is 194 g/mol. The molecule has 70 valence electrons. The molecular weight excluding hydrogens is 180 g/mol. The van der Waals surface area contributed by atoms with Gasteiger partial charge in [0.05, 0.1) is 0 Å². The maximum Gasteiger partial charge on any atom is 0.124 e. The Morgan fingerprint density at radius 1 is 1.54 bits per heavy atom. The highest BCUT2D eigenvalue weighted by molar-refractivity contribution is 7.16. The molecule has 0 aliphatic heterocycles. The van der Waals surface area contributed by atoms with Crippen molar-refractivity contribution in [2.45, 2.75) is 20.3 Å². The molecule has 0 fully saturated rings. The molecule has 0 saturated carbocycles. The maximum atomic E-state index is 4.03. The minimum Gasteiger partial charge on any atom is -0.296 e. The van der Waals surface area contributed by atoms with Crippen LogP contribution in [0.3, 0.4) is 0 Å². The Hall–Kier alpha value is -0.960. The normalized spacial score (nSPS) is 11.0. The van der Waals surface area contributed by atoms with Crippen molar-refractivity contribution in [2.24, 2.45) is 9.98 Å². The Morgan fingerprint density at radius 3 is 2.69 bits per heavy atom. The number of rotatable bonds is 3. The van der Waals surface area contributed by atoms with Crippen molar-refractivity contribution in [3.63, 3.8) is 0 Å². The number of thiophene rings is 1. The van der Waals surface area contributed by atoms with Gasteiger partial charge in [0.25, 0.3) is 0 Å². The molecule has 3 heteroatoms.